The molecular weight excluding hydrogens is 829 g/mol. The van der Waals surface area contributed by atoms with Gasteiger partial charge in [-0.2, -0.15) is 4.98 Å². The number of para-hydroxylation sites is 1. The van der Waals surface area contributed by atoms with Crippen LogP contribution in [-0.4, -0.2) is 9.97 Å². The molecule has 314 valence electrons. The monoisotopic (exact) mass is 864 g/mol. The van der Waals surface area contributed by atoms with E-state index < -0.39 is 0 Å². The minimum absolute atomic E-state index is 0.558. The Kier molecular flexibility index (Phi) is 7.75. The van der Waals surface area contributed by atoms with E-state index in [1.165, 1.54) is 59.2 Å². The van der Waals surface area contributed by atoms with E-state index >= 15 is 0 Å². The van der Waals surface area contributed by atoms with Crippen molar-refractivity contribution in [3.05, 3.63) is 219 Å². The lowest BCUT2D eigenvalue weighted by Gasteiger charge is -2.14. The lowest BCUT2D eigenvalue weighted by Crippen LogP contribution is -1.92. The van der Waals surface area contributed by atoms with Gasteiger partial charge in [0.2, 0.25) is 5.71 Å². The van der Waals surface area contributed by atoms with Crippen LogP contribution in [0.3, 0.4) is 0 Å². The van der Waals surface area contributed by atoms with E-state index in [1.54, 1.807) is 0 Å². The fourth-order valence-electron chi connectivity index (χ4n) is 11.1. The number of furan rings is 2. The molecule has 4 heteroatoms. The number of rotatable bonds is 4. The standard InChI is InChI=1S/C64H36N2O2/c1-2-13-37(14-3-1)43-23-12-24-54-53-28-26-39(33-60(53)67-62(43)54)41-29-40(38-25-27-52-48-19-5-4-15-44(48)45-16-6-9-20-49(45)55(52)32-38)30-42(31-41)63-65-36-59-58-34-56-50-21-10-7-17-46(50)47-18-8-11-22-51(47)57(56)35-61(58)68-64(59)66-63/h1-36H. The van der Waals surface area contributed by atoms with Crippen LogP contribution in [0.25, 0.3) is 153 Å². The molecule has 0 atom stereocenters. The Morgan fingerprint density at radius 3 is 1.38 bits per heavy atom. The molecule has 0 aliphatic heterocycles. The van der Waals surface area contributed by atoms with Gasteiger partial charge in [0.15, 0.2) is 5.82 Å². The molecule has 0 aliphatic rings. The van der Waals surface area contributed by atoms with E-state index in [2.05, 4.69) is 206 Å². The van der Waals surface area contributed by atoms with E-state index in [4.69, 9.17) is 18.8 Å². The first-order chi connectivity index (χ1) is 33.7. The second-order valence-electron chi connectivity index (χ2n) is 18.0. The fourth-order valence-corrected chi connectivity index (χ4v) is 11.1. The highest BCUT2D eigenvalue weighted by Gasteiger charge is 2.19. The number of benzene rings is 12. The van der Waals surface area contributed by atoms with Crippen molar-refractivity contribution in [1.29, 1.82) is 0 Å². The zero-order chi connectivity index (χ0) is 44.5. The Morgan fingerprint density at radius 1 is 0.265 bits per heavy atom. The van der Waals surface area contributed by atoms with Gasteiger partial charge in [0, 0.05) is 33.5 Å². The average molecular weight is 865 g/mol. The molecule has 0 fully saturated rings. The Labute approximate surface area is 389 Å². The fraction of sp³-hybridized carbons (Fsp3) is 0. The lowest BCUT2D eigenvalue weighted by molar-refractivity contribution is 0.654. The molecule has 0 spiro atoms. The zero-order valence-electron chi connectivity index (χ0n) is 36.5. The molecule has 12 aromatic carbocycles. The summed E-state index contributed by atoms with van der Waals surface area (Å²) in [5.41, 5.74) is 10.4. The molecule has 3 aromatic heterocycles. The molecular formula is C64H36N2O2. The van der Waals surface area contributed by atoms with Crippen LogP contribution < -0.4 is 0 Å². The van der Waals surface area contributed by atoms with Gasteiger partial charge in [-0.05, 0) is 141 Å². The van der Waals surface area contributed by atoms with Crippen molar-refractivity contribution < 1.29 is 8.83 Å². The Morgan fingerprint density at radius 2 is 0.750 bits per heavy atom. The molecule has 0 saturated heterocycles. The predicted molar refractivity (Wildman–Crippen MR) is 283 cm³/mol. The smallest absolute Gasteiger partial charge is 0.230 e. The maximum absolute atomic E-state index is 6.77. The molecule has 0 amide bonds. The van der Waals surface area contributed by atoms with E-state index in [9.17, 15) is 0 Å². The summed E-state index contributed by atoms with van der Waals surface area (Å²) in [6.07, 6.45) is 1.93. The number of aromatic nitrogens is 2. The third-order valence-electron chi connectivity index (χ3n) is 14.3. The van der Waals surface area contributed by atoms with E-state index in [0.29, 0.717) is 11.5 Å². The van der Waals surface area contributed by atoms with Gasteiger partial charge >= 0.3 is 0 Å². The second kappa shape index (κ2) is 14.2. The van der Waals surface area contributed by atoms with Gasteiger partial charge in [0.05, 0.1) is 5.39 Å². The van der Waals surface area contributed by atoms with E-state index in [0.717, 1.165) is 82.6 Å². The number of hydrogen-bond donors (Lipinski definition) is 0. The van der Waals surface area contributed by atoms with Crippen molar-refractivity contribution in [2.45, 2.75) is 0 Å². The van der Waals surface area contributed by atoms with Gasteiger partial charge in [0.25, 0.3) is 0 Å². The summed E-state index contributed by atoms with van der Waals surface area (Å²) in [5.74, 6) is 0.592. The highest BCUT2D eigenvalue weighted by molar-refractivity contribution is 6.28. The maximum atomic E-state index is 6.77. The lowest BCUT2D eigenvalue weighted by atomic mass is 9.90. The van der Waals surface area contributed by atoms with Crippen LogP contribution >= 0.6 is 0 Å². The van der Waals surface area contributed by atoms with Crippen molar-refractivity contribution in [3.8, 4) is 44.8 Å². The third-order valence-corrected chi connectivity index (χ3v) is 14.3. The Balaban J connectivity index is 0.937. The molecule has 0 radical (unpaired) electrons. The molecule has 0 saturated carbocycles. The first kappa shape index (κ1) is 37.1. The number of nitrogens with zero attached hydrogens (tertiary/aromatic N) is 2. The quantitative estimate of drug-likeness (QED) is 0.165. The van der Waals surface area contributed by atoms with Crippen molar-refractivity contribution in [1.82, 2.24) is 9.97 Å². The molecule has 0 unspecified atom stereocenters. The van der Waals surface area contributed by atoms with Gasteiger partial charge < -0.3 is 8.83 Å². The van der Waals surface area contributed by atoms with Gasteiger partial charge in [-0.1, -0.05) is 164 Å². The van der Waals surface area contributed by atoms with Crippen molar-refractivity contribution in [2.75, 3.05) is 0 Å². The second-order valence-corrected chi connectivity index (χ2v) is 18.0. The first-order valence-corrected chi connectivity index (χ1v) is 23.1. The molecule has 0 bridgehead atoms. The van der Waals surface area contributed by atoms with Crippen LogP contribution in [0.1, 0.15) is 0 Å². The van der Waals surface area contributed by atoms with Gasteiger partial charge in [-0.15, -0.1) is 0 Å². The zero-order valence-corrected chi connectivity index (χ0v) is 36.5. The van der Waals surface area contributed by atoms with Crippen molar-refractivity contribution >= 4 is 109 Å². The average Bonchev–Trinajstić information content (AvgIpc) is 3.97. The summed E-state index contributed by atoms with van der Waals surface area (Å²) < 4.78 is 13.5. The maximum Gasteiger partial charge on any atom is 0.230 e. The minimum Gasteiger partial charge on any atom is -0.455 e. The molecule has 68 heavy (non-hydrogen) atoms. The predicted octanol–water partition coefficient (Wildman–Crippen LogP) is 17.9. The van der Waals surface area contributed by atoms with E-state index in [-0.39, 0.29) is 0 Å². The Hall–Kier alpha value is -9.12. The minimum atomic E-state index is 0.558. The summed E-state index contributed by atoms with van der Waals surface area (Å²) in [6, 6.07) is 76.2. The molecule has 15 aromatic rings. The molecule has 0 N–H and O–H groups in total. The van der Waals surface area contributed by atoms with Crippen LogP contribution in [-0.2, 0) is 0 Å². The molecule has 0 aliphatic carbocycles. The van der Waals surface area contributed by atoms with Crippen LogP contribution in [0.15, 0.2) is 227 Å². The highest BCUT2D eigenvalue weighted by Crippen LogP contribution is 2.43. The molecule has 4 nitrogen and oxygen atoms in total. The Bertz CT molecular complexity index is 4580. The highest BCUT2D eigenvalue weighted by atomic mass is 16.3. The summed E-state index contributed by atoms with van der Waals surface area (Å²) in [6.45, 7) is 0. The van der Waals surface area contributed by atoms with Gasteiger partial charge in [-0.3, -0.25) is 0 Å². The normalized spacial score (nSPS) is 12.1. The van der Waals surface area contributed by atoms with Crippen LogP contribution in [0.5, 0.6) is 0 Å². The van der Waals surface area contributed by atoms with Crippen LogP contribution in [0.2, 0.25) is 0 Å². The topological polar surface area (TPSA) is 52.1 Å². The molecule has 15 rings (SSSR count). The SMILES string of the molecule is c1ccc(-c2cccc3c2oc2cc(-c4cc(-c5ccc6c7ccccc7c7ccccc7c6c5)cc(-c5ncc6c(n5)oc5cc7c8ccccc8c8ccccc8c7cc56)c4)ccc23)cc1. The number of hydrogen-bond acceptors (Lipinski definition) is 4. The summed E-state index contributed by atoms with van der Waals surface area (Å²) in [5, 5.41) is 18.7. The summed E-state index contributed by atoms with van der Waals surface area (Å²) >= 11 is 0. The van der Waals surface area contributed by atoms with Gasteiger partial charge in [0.1, 0.15) is 16.7 Å². The largest absolute Gasteiger partial charge is 0.455 e. The van der Waals surface area contributed by atoms with Crippen molar-refractivity contribution in [3.63, 3.8) is 0 Å². The summed E-state index contributed by atoms with van der Waals surface area (Å²) in [7, 11) is 0. The van der Waals surface area contributed by atoms with Crippen LogP contribution in [0, 0.1) is 0 Å². The van der Waals surface area contributed by atoms with Crippen molar-refractivity contribution in [2.24, 2.45) is 0 Å². The van der Waals surface area contributed by atoms with Crippen LogP contribution in [0.4, 0.5) is 0 Å². The summed E-state index contributed by atoms with van der Waals surface area (Å²) in [4.78, 5) is 10.3. The number of fused-ring (bicyclic) bond motifs is 18. The van der Waals surface area contributed by atoms with Gasteiger partial charge in [-0.25, -0.2) is 4.98 Å². The third kappa shape index (κ3) is 5.49. The van der Waals surface area contributed by atoms with E-state index in [1.807, 2.05) is 12.3 Å². The molecule has 3 heterocycles. The first-order valence-electron chi connectivity index (χ1n) is 23.1.